The number of aryl methyl sites for hydroxylation is 1. The summed E-state index contributed by atoms with van der Waals surface area (Å²) in [5.74, 6) is 0.388. The molecule has 0 saturated heterocycles. The summed E-state index contributed by atoms with van der Waals surface area (Å²) in [6.07, 6.45) is 2.19. The number of fused-ring (bicyclic) bond motifs is 1. The molecule has 1 aliphatic rings. The van der Waals surface area contributed by atoms with Gasteiger partial charge in [0.15, 0.2) is 0 Å². The third kappa shape index (κ3) is 2.02. The van der Waals surface area contributed by atoms with Crippen LogP contribution in [0.3, 0.4) is 0 Å². The Hall–Kier alpha value is -1.05. The summed E-state index contributed by atoms with van der Waals surface area (Å²) in [6.45, 7) is 0.389. The quantitative estimate of drug-likeness (QED) is 0.509. The number of alkyl halides is 1. The second-order valence-electron chi connectivity index (χ2n) is 4.07. The number of oxime groups is 1. The summed E-state index contributed by atoms with van der Waals surface area (Å²) in [4.78, 5) is 0.179. The first-order valence-electron chi connectivity index (χ1n) is 5.45. The van der Waals surface area contributed by atoms with Crippen molar-refractivity contribution in [3.05, 3.63) is 18.0 Å². The van der Waals surface area contributed by atoms with E-state index in [1.165, 1.54) is 10.4 Å². The predicted molar refractivity (Wildman–Crippen MR) is 67.8 cm³/mol. The molecule has 18 heavy (non-hydrogen) atoms. The molecule has 0 amide bonds. The Bertz CT molecular complexity index is 579. The standard InChI is InChI=1S/C10H14ClN3O3S/c1-13-6-3-9-10(13)8(12-15)7-14(5-2-4-11)18(9,16)17/h3,6,15H,2,4-5,7H2,1H3. The van der Waals surface area contributed by atoms with Gasteiger partial charge in [-0.25, -0.2) is 8.42 Å². The minimum absolute atomic E-state index is 0.0700. The molecule has 1 aromatic heterocycles. The topological polar surface area (TPSA) is 74.9 Å². The van der Waals surface area contributed by atoms with Crippen LogP contribution in [0.1, 0.15) is 12.1 Å². The fraction of sp³-hybridized carbons (Fsp3) is 0.500. The van der Waals surface area contributed by atoms with E-state index < -0.39 is 10.0 Å². The lowest BCUT2D eigenvalue weighted by atomic mass is 10.2. The van der Waals surface area contributed by atoms with Gasteiger partial charge >= 0.3 is 0 Å². The van der Waals surface area contributed by atoms with E-state index in [1.54, 1.807) is 17.8 Å². The van der Waals surface area contributed by atoms with E-state index in [9.17, 15) is 8.42 Å². The zero-order valence-electron chi connectivity index (χ0n) is 9.87. The van der Waals surface area contributed by atoms with E-state index in [4.69, 9.17) is 16.8 Å². The third-order valence-corrected chi connectivity index (χ3v) is 5.06. The van der Waals surface area contributed by atoms with Crippen LogP contribution in [0.5, 0.6) is 0 Å². The van der Waals surface area contributed by atoms with Gasteiger partial charge in [-0.05, 0) is 12.5 Å². The normalized spacial score (nSPS) is 21.1. The monoisotopic (exact) mass is 291 g/mol. The van der Waals surface area contributed by atoms with Crippen molar-refractivity contribution in [2.45, 2.75) is 11.3 Å². The highest BCUT2D eigenvalue weighted by molar-refractivity contribution is 7.89. The van der Waals surface area contributed by atoms with Crippen molar-refractivity contribution >= 4 is 27.3 Å². The second-order valence-corrected chi connectivity index (χ2v) is 6.35. The lowest BCUT2D eigenvalue weighted by Crippen LogP contribution is -2.42. The van der Waals surface area contributed by atoms with Crippen LogP contribution in [0.4, 0.5) is 0 Å². The minimum atomic E-state index is -3.52. The average molecular weight is 292 g/mol. The Morgan fingerprint density at radius 3 is 2.89 bits per heavy atom. The predicted octanol–water partition coefficient (Wildman–Crippen LogP) is 0.837. The fourth-order valence-corrected chi connectivity index (χ4v) is 3.84. The van der Waals surface area contributed by atoms with Crippen molar-refractivity contribution in [3.63, 3.8) is 0 Å². The van der Waals surface area contributed by atoms with Crippen LogP contribution in [0, 0.1) is 0 Å². The Kier molecular flexibility index (Phi) is 3.65. The molecule has 0 radical (unpaired) electrons. The van der Waals surface area contributed by atoms with Crippen LogP contribution >= 0.6 is 11.6 Å². The molecule has 0 spiro atoms. The lowest BCUT2D eigenvalue weighted by molar-refractivity contribution is 0.314. The van der Waals surface area contributed by atoms with E-state index in [1.807, 2.05) is 0 Å². The van der Waals surface area contributed by atoms with Gasteiger partial charge in [0.05, 0.1) is 12.2 Å². The van der Waals surface area contributed by atoms with Crippen molar-refractivity contribution in [3.8, 4) is 0 Å². The zero-order valence-corrected chi connectivity index (χ0v) is 11.4. The van der Waals surface area contributed by atoms with E-state index in [0.717, 1.165) is 0 Å². The summed E-state index contributed by atoms with van der Waals surface area (Å²) >= 11 is 5.58. The van der Waals surface area contributed by atoms with Gasteiger partial charge in [0.2, 0.25) is 10.0 Å². The molecule has 6 nitrogen and oxygen atoms in total. The molecule has 0 fully saturated rings. The maximum Gasteiger partial charge on any atom is 0.245 e. The smallest absolute Gasteiger partial charge is 0.245 e. The molecular formula is C10H14ClN3O3S. The van der Waals surface area contributed by atoms with Crippen LogP contribution in [-0.4, -0.2) is 47.2 Å². The third-order valence-electron chi connectivity index (χ3n) is 2.91. The van der Waals surface area contributed by atoms with Gasteiger partial charge in [-0.1, -0.05) is 5.16 Å². The molecule has 0 bridgehead atoms. The fourth-order valence-electron chi connectivity index (χ4n) is 2.04. The SMILES string of the molecule is Cn1ccc2c1C(=NO)CN(CCCCl)S2(=O)=O. The molecule has 0 aliphatic carbocycles. The average Bonchev–Trinajstić information content (AvgIpc) is 2.72. The highest BCUT2D eigenvalue weighted by Crippen LogP contribution is 2.27. The van der Waals surface area contributed by atoms with Gasteiger partial charge in [0.25, 0.3) is 0 Å². The number of halogens is 1. The first-order chi connectivity index (χ1) is 8.52. The highest BCUT2D eigenvalue weighted by Gasteiger charge is 2.36. The second kappa shape index (κ2) is 4.91. The molecule has 1 N–H and O–H groups in total. The van der Waals surface area contributed by atoms with Crippen molar-refractivity contribution < 1.29 is 13.6 Å². The highest BCUT2D eigenvalue weighted by atomic mass is 35.5. The number of rotatable bonds is 3. The van der Waals surface area contributed by atoms with E-state index in [0.29, 0.717) is 30.3 Å². The van der Waals surface area contributed by atoms with Gasteiger partial charge in [-0.2, -0.15) is 4.31 Å². The van der Waals surface area contributed by atoms with Crippen LogP contribution in [0.15, 0.2) is 22.3 Å². The molecule has 0 saturated carbocycles. The molecule has 0 atom stereocenters. The van der Waals surface area contributed by atoms with Crippen LogP contribution in [-0.2, 0) is 17.1 Å². The Labute approximate surface area is 111 Å². The largest absolute Gasteiger partial charge is 0.411 e. The lowest BCUT2D eigenvalue weighted by Gasteiger charge is -2.27. The van der Waals surface area contributed by atoms with E-state index in [-0.39, 0.29) is 11.4 Å². The molecular weight excluding hydrogens is 278 g/mol. The first-order valence-corrected chi connectivity index (χ1v) is 7.42. The molecule has 2 rings (SSSR count). The molecule has 100 valence electrons. The summed E-state index contributed by atoms with van der Waals surface area (Å²) in [5.41, 5.74) is 0.793. The number of nitrogens with zero attached hydrogens (tertiary/aromatic N) is 3. The molecule has 0 aromatic carbocycles. The number of hydrogen-bond donors (Lipinski definition) is 1. The molecule has 2 heterocycles. The summed E-state index contributed by atoms with van der Waals surface area (Å²) in [7, 11) is -1.80. The van der Waals surface area contributed by atoms with Crippen molar-refractivity contribution in [2.75, 3.05) is 19.0 Å². The Balaban J connectivity index is 2.50. The van der Waals surface area contributed by atoms with Gasteiger partial charge < -0.3 is 9.77 Å². The van der Waals surface area contributed by atoms with Crippen LogP contribution in [0.2, 0.25) is 0 Å². The van der Waals surface area contributed by atoms with Crippen molar-refractivity contribution in [2.24, 2.45) is 12.2 Å². The van der Waals surface area contributed by atoms with Gasteiger partial charge in [-0.15, -0.1) is 11.6 Å². The zero-order chi connectivity index (χ0) is 13.3. The maximum absolute atomic E-state index is 12.3. The van der Waals surface area contributed by atoms with Gasteiger partial charge in [0.1, 0.15) is 10.6 Å². The summed E-state index contributed by atoms with van der Waals surface area (Å²) < 4.78 is 27.6. The van der Waals surface area contributed by atoms with Gasteiger partial charge in [0, 0.05) is 25.7 Å². The van der Waals surface area contributed by atoms with Crippen LogP contribution in [0.25, 0.3) is 0 Å². The summed E-state index contributed by atoms with van der Waals surface area (Å²) in [5, 5.41) is 12.2. The van der Waals surface area contributed by atoms with Crippen molar-refractivity contribution in [1.82, 2.24) is 8.87 Å². The molecule has 1 aliphatic heterocycles. The van der Waals surface area contributed by atoms with Crippen LogP contribution < -0.4 is 0 Å². The minimum Gasteiger partial charge on any atom is -0.411 e. The molecule has 8 heteroatoms. The number of aromatic nitrogens is 1. The van der Waals surface area contributed by atoms with E-state index in [2.05, 4.69) is 5.16 Å². The van der Waals surface area contributed by atoms with Crippen molar-refractivity contribution in [1.29, 1.82) is 0 Å². The number of hydrogen-bond acceptors (Lipinski definition) is 4. The van der Waals surface area contributed by atoms with E-state index >= 15 is 0 Å². The van der Waals surface area contributed by atoms with Gasteiger partial charge in [-0.3, -0.25) is 0 Å². The maximum atomic E-state index is 12.3. The number of sulfonamides is 1. The molecule has 1 aromatic rings. The Morgan fingerprint density at radius 1 is 1.56 bits per heavy atom. The summed E-state index contributed by atoms with van der Waals surface area (Å²) in [6, 6.07) is 1.52. The first kappa shape index (κ1) is 13.4. The Morgan fingerprint density at radius 2 is 2.28 bits per heavy atom. The molecule has 0 unspecified atom stereocenters.